The summed E-state index contributed by atoms with van der Waals surface area (Å²) in [6.45, 7) is 8.57. The van der Waals surface area contributed by atoms with Crippen LogP contribution in [0.5, 0.6) is 11.6 Å². The number of alkyl halides is 1. The molecule has 1 aromatic heterocycles. The van der Waals surface area contributed by atoms with Gasteiger partial charge in [0.05, 0.1) is 24.0 Å². The zero-order valence-corrected chi connectivity index (χ0v) is 13.0. The lowest BCUT2D eigenvalue weighted by Gasteiger charge is -2.23. The van der Waals surface area contributed by atoms with Crippen LogP contribution in [0.4, 0.5) is 0 Å². The van der Waals surface area contributed by atoms with E-state index in [1.807, 2.05) is 12.1 Å². The van der Waals surface area contributed by atoms with Gasteiger partial charge in [-0.15, -0.1) is 11.6 Å². The van der Waals surface area contributed by atoms with Crippen LogP contribution in [0.15, 0.2) is 30.6 Å². The van der Waals surface area contributed by atoms with Crippen LogP contribution in [0.2, 0.25) is 0 Å². The maximum Gasteiger partial charge on any atom is 0.237 e. The first-order valence-electron chi connectivity index (χ1n) is 6.56. The van der Waals surface area contributed by atoms with Gasteiger partial charge in [-0.25, -0.2) is 4.98 Å². The molecule has 0 saturated heterocycles. The molecule has 0 atom stereocenters. The summed E-state index contributed by atoms with van der Waals surface area (Å²) in [7, 11) is 0. The van der Waals surface area contributed by atoms with E-state index in [0.717, 1.165) is 17.0 Å². The summed E-state index contributed by atoms with van der Waals surface area (Å²) in [5.41, 5.74) is 3.11. The monoisotopic (exact) mass is 290 g/mol. The van der Waals surface area contributed by atoms with Crippen molar-refractivity contribution in [3.8, 4) is 11.6 Å². The summed E-state index contributed by atoms with van der Waals surface area (Å²) in [6.07, 6.45) is 3.23. The summed E-state index contributed by atoms with van der Waals surface area (Å²) in [5, 5.41) is 0. The summed E-state index contributed by atoms with van der Waals surface area (Å²) >= 11 is 5.70. The molecule has 0 radical (unpaired) electrons. The molecule has 2 rings (SSSR count). The molecule has 3 nitrogen and oxygen atoms in total. The maximum atomic E-state index is 5.87. The highest BCUT2D eigenvalue weighted by molar-refractivity contribution is 6.16. The number of ether oxygens (including phenoxy) is 1. The van der Waals surface area contributed by atoms with Crippen molar-refractivity contribution in [2.24, 2.45) is 0 Å². The van der Waals surface area contributed by atoms with Crippen LogP contribution in [-0.4, -0.2) is 9.97 Å². The Hall–Kier alpha value is -1.61. The number of rotatable bonds is 3. The minimum atomic E-state index is 0.00482. The summed E-state index contributed by atoms with van der Waals surface area (Å²) in [5.74, 6) is 1.65. The molecule has 2 aromatic rings. The second-order valence-corrected chi connectivity index (χ2v) is 6.10. The van der Waals surface area contributed by atoms with Crippen molar-refractivity contribution in [3.05, 3.63) is 47.4 Å². The molecular formula is C16H19ClN2O. The highest BCUT2D eigenvalue weighted by atomic mass is 35.5. The second-order valence-electron chi connectivity index (χ2n) is 5.83. The predicted molar refractivity (Wildman–Crippen MR) is 81.5 cm³/mol. The fraction of sp³-hybridized carbons (Fsp3) is 0.375. The quantitative estimate of drug-likeness (QED) is 0.774. The van der Waals surface area contributed by atoms with E-state index in [1.165, 1.54) is 5.56 Å². The van der Waals surface area contributed by atoms with Crippen LogP contribution in [0.25, 0.3) is 0 Å². The van der Waals surface area contributed by atoms with E-state index in [4.69, 9.17) is 16.3 Å². The third-order valence-corrected chi connectivity index (χ3v) is 3.25. The highest BCUT2D eigenvalue weighted by Crippen LogP contribution is 2.34. The number of aryl methyl sites for hydroxylation is 1. The fourth-order valence-electron chi connectivity index (χ4n) is 1.90. The average molecular weight is 291 g/mol. The molecule has 106 valence electrons. The van der Waals surface area contributed by atoms with Gasteiger partial charge >= 0.3 is 0 Å². The van der Waals surface area contributed by atoms with Crippen molar-refractivity contribution in [2.75, 3.05) is 0 Å². The molecule has 4 heteroatoms. The standard InChI is InChI=1S/C16H19ClN2O/c1-11-5-6-14(13(7-11)16(2,3)4)20-15-10-18-12(8-17)9-19-15/h5-7,9-10H,8H2,1-4H3. The van der Waals surface area contributed by atoms with E-state index in [2.05, 4.69) is 43.7 Å². The van der Waals surface area contributed by atoms with Gasteiger partial charge in [-0.05, 0) is 18.4 Å². The zero-order valence-electron chi connectivity index (χ0n) is 12.3. The van der Waals surface area contributed by atoms with Gasteiger partial charge in [0.2, 0.25) is 5.88 Å². The normalized spacial score (nSPS) is 11.4. The molecule has 0 N–H and O–H groups in total. The van der Waals surface area contributed by atoms with Gasteiger partial charge in [0, 0.05) is 5.56 Å². The first-order valence-corrected chi connectivity index (χ1v) is 7.09. The summed E-state index contributed by atoms with van der Waals surface area (Å²) in [6, 6.07) is 6.16. The van der Waals surface area contributed by atoms with Gasteiger partial charge < -0.3 is 4.74 Å². The van der Waals surface area contributed by atoms with Gasteiger partial charge in [-0.3, -0.25) is 4.98 Å². The minimum absolute atomic E-state index is 0.00482. The first kappa shape index (κ1) is 14.8. The van der Waals surface area contributed by atoms with E-state index in [1.54, 1.807) is 12.4 Å². The first-order chi connectivity index (χ1) is 9.40. The molecule has 0 bridgehead atoms. The molecular weight excluding hydrogens is 272 g/mol. The summed E-state index contributed by atoms with van der Waals surface area (Å²) < 4.78 is 5.87. The molecule has 0 aliphatic rings. The van der Waals surface area contributed by atoms with Crippen LogP contribution >= 0.6 is 11.6 Å². The maximum absolute atomic E-state index is 5.87. The van der Waals surface area contributed by atoms with Crippen molar-refractivity contribution >= 4 is 11.6 Å². The van der Waals surface area contributed by atoms with Crippen molar-refractivity contribution in [2.45, 2.75) is 39.0 Å². The Morgan fingerprint density at radius 2 is 1.90 bits per heavy atom. The molecule has 0 amide bonds. The van der Waals surface area contributed by atoms with Gasteiger partial charge in [-0.2, -0.15) is 0 Å². The number of nitrogens with zero attached hydrogens (tertiary/aromatic N) is 2. The number of aromatic nitrogens is 2. The molecule has 1 aromatic carbocycles. The van der Waals surface area contributed by atoms with Crippen LogP contribution in [0.3, 0.4) is 0 Å². The Bertz CT molecular complexity index is 588. The van der Waals surface area contributed by atoms with E-state index in [0.29, 0.717) is 11.8 Å². The van der Waals surface area contributed by atoms with Gasteiger partial charge in [0.25, 0.3) is 0 Å². The molecule has 0 fully saturated rings. The predicted octanol–water partition coefficient (Wildman–Crippen LogP) is 4.61. The SMILES string of the molecule is Cc1ccc(Oc2cnc(CCl)cn2)c(C(C)(C)C)c1. The van der Waals surface area contributed by atoms with Crippen molar-refractivity contribution in [3.63, 3.8) is 0 Å². The van der Waals surface area contributed by atoms with Crippen LogP contribution in [-0.2, 0) is 11.3 Å². The Balaban J connectivity index is 2.32. The van der Waals surface area contributed by atoms with E-state index >= 15 is 0 Å². The Morgan fingerprint density at radius 3 is 2.45 bits per heavy atom. The van der Waals surface area contributed by atoms with Crippen molar-refractivity contribution in [1.82, 2.24) is 9.97 Å². The number of hydrogen-bond donors (Lipinski definition) is 0. The van der Waals surface area contributed by atoms with Crippen molar-refractivity contribution in [1.29, 1.82) is 0 Å². The lowest BCUT2D eigenvalue weighted by atomic mass is 9.85. The third-order valence-electron chi connectivity index (χ3n) is 2.98. The van der Waals surface area contributed by atoms with E-state index < -0.39 is 0 Å². The minimum Gasteiger partial charge on any atom is -0.437 e. The third kappa shape index (κ3) is 3.48. The second kappa shape index (κ2) is 5.80. The lowest BCUT2D eigenvalue weighted by Crippen LogP contribution is -2.13. The molecule has 0 saturated carbocycles. The lowest BCUT2D eigenvalue weighted by molar-refractivity contribution is 0.437. The Labute approximate surface area is 125 Å². The van der Waals surface area contributed by atoms with Crippen LogP contribution < -0.4 is 4.74 Å². The Morgan fingerprint density at radius 1 is 1.15 bits per heavy atom. The molecule has 0 unspecified atom stereocenters. The van der Waals surface area contributed by atoms with E-state index in [-0.39, 0.29) is 5.41 Å². The van der Waals surface area contributed by atoms with Crippen LogP contribution in [0, 0.1) is 6.92 Å². The molecule has 0 aliphatic heterocycles. The summed E-state index contributed by atoms with van der Waals surface area (Å²) in [4.78, 5) is 8.40. The number of benzene rings is 1. The highest BCUT2D eigenvalue weighted by Gasteiger charge is 2.19. The number of hydrogen-bond acceptors (Lipinski definition) is 3. The molecule has 1 heterocycles. The average Bonchev–Trinajstić information content (AvgIpc) is 2.40. The largest absolute Gasteiger partial charge is 0.437 e. The molecule has 0 aliphatic carbocycles. The molecule has 0 spiro atoms. The van der Waals surface area contributed by atoms with Crippen molar-refractivity contribution < 1.29 is 4.74 Å². The number of halogens is 1. The van der Waals surface area contributed by atoms with Crippen LogP contribution in [0.1, 0.15) is 37.6 Å². The Kier molecular flexibility index (Phi) is 4.29. The zero-order chi connectivity index (χ0) is 14.8. The van der Waals surface area contributed by atoms with E-state index in [9.17, 15) is 0 Å². The van der Waals surface area contributed by atoms with Gasteiger partial charge in [-0.1, -0.05) is 38.5 Å². The van der Waals surface area contributed by atoms with Gasteiger partial charge in [0.15, 0.2) is 0 Å². The molecule has 20 heavy (non-hydrogen) atoms. The smallest absolute Gasteiger partial charge is 0.237 e. The fourth-order valence-corrected chi connectivity index (χ4v) is 2.03. The topological polar surface area (TPSA) is 35.0 Å². The van der Waals surface area contributed by atoms with Gasteiger partial charge in [0.1, 0.15) is 5.75 Å².